The zero-order chi connectivity index (χ0) is 14.6. The van der Waals surface area contributed by atoms with Gasteiger partial charge in [0, 0.05) is 6.54 Å². The summed E-state index contributed by atoms with van der Waals surface area (Å²) in [5.74, 6) is 0.387. The summed E-state index contributed by atoms with van der Waals surface area (Å²) in [7, 11) is -3.80. The van der Waals surface area contributed by atoms with Crippen LogP contribution in [0.4, 0.5) is 12.0 Å². The smallest absolute Gasteiger partial charge is 0.309 e. The van der Waals surface area contributed by atoms with Crippen LogP contribution in [-0.2, 0) is 10.0 Å². The minimum Gasteiger partial charge on any atom is -0.431 e. The minimum atomic E-state index is -3.80. The second-order valence-electron chi connectivity index (χ2n) is 4.07. The first-order valence-corrected chi connectivity index (χ1v) is 7.50. The Morgan fingerprint density at radius 1 is 1.30 bits per heavy atom. The predicted molar refractivity (Wildman–Crippen MR) is 72.9 cm³/mol. The topological polar surface area (TPSA) is 110 Å². The van der Waals surface area contributed by atoms with Crippen molar-refractivity contribution in [2.45, 2.75) is 25.2 Å². The summed E-state index contributed by atoms with van der Waals surface area (Å²) in [5.41, 5.74) is 0.582. The molecule has 2 aromatic rings. The number of aryl methyl sites for hydroxylation is 1. The van der Waals surface area contributed by atoms with Crippen molar-refractivity contribution < 1.29 is 12.8 Å². The molecule has 0 radical (unpaired) electrons. The lowest BCUT2D eigenvalue weighted by molar-refractivity contribution is 0.569. The van der Waals surface area contributed by atoms with Gasteiger partial charge in [0.2, 0.25) is 5.95 Å². The molecule has 0 unspecified atom stereocenters. The van der Waals surface area contributed by atoms with Gasteiger partial charge in [-0.1, -0.05) is 6.92 Å². The number of nitrogens with one attached hydrogen (secondary N) is 2. The lowest BCUT2D eigenvalue weighted by Crippen LogP contribution is -2.14. The molecule has 0 aliphatic carbocycles. The molecule has 9 heteroatoms. The van der Waals surface area contributed by atoms with Crippen LogP contribution in [0.5, 0.6) is 0 Å². The molecule has 0 saturated carbocycles. The van der Waals surface area contributed by atoms with Gasteiger partial charge in [-0.2, -0.15) is 4.98 Å². The Morgan fingerprint density at radius 3 is 2.55 bits per heavy atom. The van der Waals surface area contributed by atoms with E-state index in [2.05, 4.69) is 25.0 Å². The summed E-state index contributed by atoms with van der Waals surface area (Å²) >= 11 is 0. The molecular weight excluding hydrogens is 282 g/mol. The summed E-state index contributed by atoms with van der Waals surface area (Å²) in [5, 5.41) is 2.96. The number of rotatable bonds is 6. The SMILES string of the molecule is CCCNc1ncc(S(=O)(=O)Nc2nc(C)co2)cn1. The van der Waals surface area contributed by atoms with Crippen molar-refractivity contribution in [1.82, 2.24) is 15.0 Å². The third-order valence-corrected chi connectivity index (χ3v) is 3.59. The van der Waals surface area contributed by atoms with Crippen molar-refractivity contribution in [2.24, 2.45) is 0 Å². The van der Waals surface area contributed by atoms with E-state index in [9.17, 15) is 8.42 Å². The van der Waals surface area contributed by atoms with Gasteiger partial charge in [-0.05, 0) is 13.3 Å². The number of aromatic nitrogens is 3. The highest BCUT2D eigenvalue weighted by Crippen LogP contribution is 2.14. The second kappa shape index (κ2) is 5.87. The van der Waals surface area contributed by atoms with Crippen LogP contribution in [0.1, 0.15) is 19.0 Å². The Bertz CT molecular complexity index is 666. The van der Waals surface area contributed by atoms with Crippen LogP contribution in [0.3, 0.4) is 0 Å². The van der Waals surface area contributed by atoms with E-state index in [0.717, 1.165) is 13.0 Å². The normalized spacial score (nSPS) is 11.3. The third kappa shape index (κ3) is 3.44. The highest BCUT2D eigenvalue weighted by molar-refractivity contribution is 7.92. The standard InChI is InChI=1S/C11H15N5O3S/c1-3-4-12-10-13-5-9(6-14-10)20(17,18)16-11-15-8(2)7-19-11/h5-7H,3-4H2,1-2H3,(H,15,16)(H,12,13,14). The second-order valence-corrected chi connectivity index (χ2v) is 5.75. The van der Waals surface area contributed by atoms with Crippen LogP contribution in [0.25, 0.3) is 0 Å². The number of hydrogen-bond donors (Lipinski definition) is 2. The van der Waals surface area contributed by atoms with E-state index in [1.165, 1.54) is 18.7 Å². The van der Waals surface area contributed by atoms with Gasteiger partial charge >= 0.3 is 6.01 Å². The first-order chi connectivity index (χ1) is 9.51. The van der Waals surface area contributed by atoms with E-state index in [-0.39, 0.29) is 10.9 Å². The average Bonchev–Trinajstić information content (AvgIpc) is 2.81. The van der Waals surface area contributed by atoms with Crippen molar-refractivity contribution >= 4 is 22.0 Å². The molecule has 0 amide bonds. The van der Waals surface area contributed by atoms with Gasteiger partial charge < -0.3 is 9.73 Å². The van der Waals surface area contributed by atoms with Crippen LogP contribution in [0.15, 0.2) is 28.0 Å². The van der Waals surface area contributed by atoms with E-state index < -0.39 is 10.0 Å². The number of nitrogens with zero attached hydrogens (tertiary/aromatic N) is 3. The van der Waals surface area contributed by atoms with Crippen LogP contribution < -0.4 is 10.0 Å². The van der Waals surface area contributed by atoms with Gasteiger partial charge in [0.25, 0.3) is 10.0 Å². The van der Waals surface area contributed by atoms with Crippen LogP contribution in [0.2, 0.25) is 0 Å². The maximum absolute atomic E-state index is 12.0. The average molecular weight is 297 g/mol. The molecule has 0 saturated heterocycles. The lowest BCUT2D eigenvalue weighted by Gasteiger charge is -2.05. The predicted octanol–water partition coefficient (Wildman–Crippen LogP) is 1.40. The van der Waals surface area contributed by atoms with E-state index >= 15 is 0 Å². The monoisotopic (exact) mass is 297 g/mol. The lowest BCUT2D eigenvalue weighted by atomic mass is 10.5. The van der Waals surface area contributed by atoms with Crippen molar-refractivity contribution in [1.29, 1.82) is 0 Å². The van der Waals surface area contributed by atoms with Crippen molar-refractivity contribution in [3.63, 3.8) is 0 Å². The quantitative estimate of drug-likeness (QED) is 0.829. The van der Waals surface area contributed by atoms with E-state index in [4.69, 9.17) is 4.42 Å². The molecule has 20 heavy (non-hydrogen) atoms. The fraction of sp³-hybridized carbons (Fsp3) is 0.364. The zero-order valence-corrected chi connectivity index (χ0v) is 11.9. The highest BCUT2D eigenvalue weighted by Gasteiger charge is 2.18. The Labute approximate surface area is 116 Å². The van der Waals surface area contributed by atoms with Gasteiger partial charge in [0.05, 0.1) is 18.1 Å². The molecule has 2 N–H and O–H groups in total. The van der Waals surface area contributed by atoms with Gasteiger partial charge in [-0.3, -0.25) is 0 Å². The van der Waals surface area contributed by atoms with Crippen LogP contribution >= 0.6 is 0 Å². The fourth-order valence-electron chi connectivity index (χ4n) is 1.36. The summed E-state index contributed by atoms with van der Waals surface area (Å²) < 4.78 is 31.2. The fourth-order valence-corrected chi connectivity index (χ4v) is 2.18. The Kier molecular flexibility index (Phi) is 4.18. The van der Waals surface area contributed by atoms with Gasteiger partial charge in [-0.25, -0.2) is 23.1 Å². The molecule has 108 valence electrons. The van der Waals surface area contributed by atoms with Crippen molar-refractivity contribution in [3.8, 4) is 0 Å². The molecule has 0 fully saturated rings. The zero-order valence-electron chi connectivity index (χ0n) is 11.1. The molecule has 0 aliphatic heterocycles. The van der Waals surface area contributed by atoms with Crippen LogP contribution in [0, 0.1) is 6.92 Å². The first kappa shape index (κ1) is 14.3. The largest absolute Gasteiger partial charge is 0.431 e. The van der Waals surface area contributed by atoms with E-state index in [1.807, 2.05) is 6.92 Å². The van der Waals surface area contributed by atoms with E-state index in [0.29, 0.717) is 11.6 Å². The van der Waals surface area contributed by atoms with Gasteiger partial charge in [-0.15, -0.1) is 0 Å². The molecule has 0 aromatic carbocycles. The van der Waals surface area contributed by atoms with Gasteiger partial charge in [0.1, 0.15) is 11.2 Å². The molecule has 0 aliphatic rings. The molecular formula is C11H15N5O3S. The Balaban J connectivity index is 2.13. The molecule has 2 heterocycles. The molecule has 2 aromatic heterocycles. The summed E-state index contributed by atoms with van der Waals surface area (Å²) in [6.07, 6.45) is 4.73. The maximum atomic E-state index is 12.0. The number of oxazole rings is 1. The third-order valence-electron chi connectivity index (χ3n) is 2.31. The van der Waals surface area contributed by atoms with Crippen molar-refractivity contribution in [2.75, 3.05) is 16.6 Å². The molecule has 0 atom stereocenters. The summed E-state index contributed by atoms with van der Waals surface area (Å²) in [6, 6.07) is -0.0873. The molecule has 0 spiro atoms. The maximum Gasteiger partial charge on any atom is 0.309 e. The summed E-state index contributed by atoms with van der Waals surface area (Å²) in [4.78, 5) is 11.7. The highest BCUT2D eigenvalue weighted by atomic mass is 32.2. The molecule has 0 bridgehead atoms. The summed E-state index contributed by atoms with van der Waals surface area (Å²) in [6.45, 7) is 4.42. The minimum absolute atomic E-state index is 0.0598. The number of sulfonamides is 1. The Hall–Kier alpha value is -2.16. The molecule has 2 rings (SSSR count). The van der Waals surface area contributed by atoms with Crippen molar-refractivity contribution in [3.05, 3.63) is 24.4 Å². The Morgan fingerprint density at radius 2 is 2.00 bits per heavy atom. The van der Waals surface area contributed by atoms with Crippen LogP contribution in [-0.4, -0.2) is 29.9 Å². The van der Waals surface area contributed by atoms with Gasteiger partial charge in [0.15, 0.2) is 0 Å². The number of hydrogen-bond acceptors (Lipinski definition) is 7. The molecule has 8 nitrogen and oxygen atoms in total. The number of anilines is 2. The first-order valence-electron chi connectivity index (χ1n) is 6.02. The van der Waals surface area contributed by atoms with E-state index in [1.54, 1.807) is 6.92 Å².